The Labute approximate surface area is 234 Å². The Morgan fingerprint density at radius 3 is 2.29 bits per heavy atom. The van der Waals surface area contributed by atoms with Gasteiger partial charge in [-0.2, -0.15) is 13.2 Å². The van der Waals surface area contributed by atoms with E-state index in [1.807, 2.05) is 42.6 Å². The zero-order valence-electron chi connectivity index (χ0n) is 22.9. The van der Waals surface area contributed by atoms with Crippen LogP contribution in [0.15, 0.2) is 54.9 Å². The number of imidazole rings is 1. The third-order valence-electron chi connectivity index (χ3n) is 7.31. The van der Waals surface area contributed by atoms with Crippen molar-refractivity contribution in [3.63, 3.8) is 0 Å². The molecule has 1 amide bonds. The molecule has 2 atom stereocenters. The van der Waals surface area contributed by atoms with Gasteiger partial charge in [0, 0.05) is 47.8 Å². The van der Waals surface area contributed by atoms with Crippen molar-refractivity contribution in [2.45, 2.75) is 58.4 Å². The van der Waals surface area contributed by atoms with Crippen LogP contribution in [-0.2, 0) is 0 Å². The normalized spacial score (nSPS) is 16.6. The molecule has 4 aromatic rings. The summed E-state index contributed by atoms with van der Waals surface area (Å²) in [5, 5.41) is 5.57. The average Bonchev–Trinajstić information content (AvgIpc) is 3.43. The van der Waals surface area contributed by atoms with E-state index in [0.717, 1.165) is 16.7 Å². The Balaban J connectivity index is 1.55. The second kappa shape index (κ2) is 11.0. The highest BCUT2D eigenvalue weighted by molar-refractivity contribution is 5.98. The largest absolute Gasteiger partial charge is 0.390 e. The molecular formula is C31H30F4N4O2. The number of anilines is 1. The number of aryl methyl sites for hydroxylation is 2. The van der Waals surface area contributed by atoms with Crippen LogP contribution in [0, 0.1) is 13.8 Å². The molecule has 2 aromatic carbocycles. The molecule has 214 valence electrons. The molecule has 2 N–H and O–H groups in total. The van der Waals surface area contributed by atoms with Gasteiger partial charge in [0.25, 0.3) is 5.91 Å². The first-order valence-electron chi connectivity index (χ1n) is 13.5. The number of carbonyl (C=O) groups excluding carboxylic acids is 2. The van der Waals surface area contributed by atoms with Gasteiger partial charge in [0.05, 0.1) is 30.0 Å². The van der Waals surface area contributed by atoms with Crippen molar-refractivity contribution in [3.8, 4) is 22.4 Å². The van der Waals surface area contributed by atoms with E-state index in [1.165, 1.54) is 0 Å². The summed E-state index contributed by atoms with van der Waals surface area (Å²) < 4.78 is 53.8. The molecule has 1 saturated carbocycles. The maximum absolute atomic E-state index is 13.3. The second-order valence-electron chi connectivity index (χ2n) is 10.4. The lowest BCUT2D eigenvalue weighted by Gasteiger charge is -2.15. The molecule has 0 radical (unpaired) electrons. The number of amides is 1. The molecule has 2 aromatic heterocycles. The van der Waals surface area contributed by atoms with Gasteiger partial charge >= 0.3 is 6.18 Å². The highest BCUT2D eigenvalue weighted by atomic mass is 19.4. The maximum atomic E-state index is 13.3. The van der Waals surface area contributed by atoms with E-state index in [0.29, 0.717) is 52.1 Å². The number of pyridine rings is 1. The number of fused-ring (bicyclic) bond motifs is 1. The predicted molar refractivity (Wildman–Crippen MR) is 150 cm³/mol. The van der Waals surface area contributed by atoms with E-state index in [4.69, 9.17) is 0 Å². The van der Waals surface area contributed by atoms with Gasteiger partial charge in [0.15, 0.2) is 11.4 Å². The molecule has 0 spiro atoms. The fourth-order valence-electron chi connectivity index (χ4n) is 4.91. The van der Waals surface area contributed by atoms with Gasteiger partial charge in [-0.3, -0.25) is 14.0 Å². The summed E-state index contributed by atoms with van der Waals surface area (Å²) in [5.41, 5.74) is 6.40. The maximum Gasteiger partial charge on any atom is 0.390 e. The van der Waals surface area contributed by atoms with Crippen LogP contribution in [0.1, 0.15) is 58.0 Å². The lowest BCUT2D eigenvalue weighted by atomic mass is 9.99. The lowest BCUT2D eigenvalue weighted by Crippen LogP contribution is -2.27. The van der Waals surface area contributed by atoms with E-state index >= 15 is 0 Å². The number of hydrogen-bond acceptors (Lipinski definition) is 4. The number of alkyl halides is 4. The molecule has 5 rings (SSSR count). The van der Waals surface area contributed by atoms with Gasteiger partial charge in [-0.15, -0.1) is 0 Å². The fraction of sp³-hybridized carbons (Fsp3) is 0.323. The summed E-state index contributed by atoms with van der Waals surface area (Å²) in [5.74, 6) is -0.304. The number of halogens is 4. The zero-order valence-corrected chi connectivity index (χ0v) is 22.9. The molecular weight excluding hydrogens is 536 g/mol. The van der Waals surface area contributed by atoms with E-state index < -0.39 is 24.8 Å². The topological polar surface area (TPSA) is 75.5 Å². The minimum absolute atomic E-state index is 0.0415. The number of ketones is 1. The van der Waals surface area contributed by atoms with Crippen LogP contribution in [0.5, 0.6) is 0 Å². The van der Waals surface area contributed by atoms with Crippen LogP contribution in [0.25, 0.3) is 28.0 Å². The Kier molecular flexibility index (Phi) is 7.59. The molecule has 1 fully saturated rings. The summed E-state index contributed by atoms with van der Waals surface area (Å²) in [6, 6.07) is 12.0. The predicted octanol–water partition coefficient (Wildman–Crippen LogP) is 7.08. The number of nitrogens with zero attached hydrogens (tertiary/aromatic N) is 2. The molecule has 2 heterocycles. The van der Waals surface area contributed by atoms with E-state index in [9.17, 15) is 27.2 Å². The number of Topliss-reactive ketones (excluding diaryl/α,β-unsaturated/α-hetero) is 1. The number of carbonyl (C=O) groups is 2. The summed E-state index contributed by atoms with van der Waals surface area (Å²) in [6.45, 7) is 5.13. The molecule has 0 bridgehead atoms. The van der Waals surface area contributed by atoms with Crippen molar-refractivity contribution in [1.29, 1.82) is 0 Å². The van der Waals surface area contributed by atoms with Crippen molar-refractivity contribution in [2.75, 3.05) is 11.9 Å². The molecule has 1 aliphatic rings. The number of nitrogens with one attached hydrogen (secondary N) is 2. The quantitative estimate of drug-likeness (QED) is 0.168. The van der Waals surface area contributed by atoms with Crippen molar-refractivity contribution in [3.05, 3.63) is 77.1 Å². The third kappa shape index (κ3) is 6.11. The van der Waals surface area contributed by atoms with Crippen molar-refractivity contribution in [2.24, 2.45) is 0 Å². The number of hydrogen-bond donors (Lipinski definition) is 2. The molecule has 0 saturated heterocycles. The second-order valence-corrected chi connectivity index (χ2v) is 10.4. The summed E-state index contributed by atoms with van der Waals surface area (Å²) in [4.78, 5) is 29.4. The van der Waals surface area contributed by atoms with Gasteiger partial charge in [-0.05, 0) is 48.7 Å². The minimum atomic E-state index is -4.31. The van der Waals surface area contributed by atoms with Gasteiger partial charge in [0.2, 0.25) is 0 Å². The Morgan fingerprint density at radius 1 is 1.00 bits per heavy atom. The molecule has 10 heteroatoms. The summed E-state index contributed by atoms with van der Waals surface area (Å²) in [6.07, 6.45) is -2.12. The van der Waals surface area contributed by atoms with Crippen molar-refractivity contribution < 1.29 is 27.2 Å². The SMILES string of the molecule is CCC(=O)c1ccc(-c2cnc3c(NCCC(F)(F)F)cc(-c4ccc(C(=O)NC5C[C@@H]5F)c(C)c4)cn23)cc1C. The molecule has 0 aliphatic heterocycles. The molecule has 1 aliphatic carbocycles. The third-order valence-corrected chi connectivity index (χ3v) is 7.31. The van der Waals surface area contributed by atoms with E-state index in [2.05, 4.69) is 15.6 Å². The van der Waals surface area contributed by atoms with E-state index in [-0.39, 0.29) is 18.2 Å². The first-order chi connectivity index (χ1) is 19.4. The monoisotopic (exact) mass is 566 g/mol. The Morgan fingerprint density at radius 2 is 1.66 bits per heavy atom. The van der Waals surface area contributed by atoms with Gasteiger partial charge < -0.3 is 10.6 Å². The van der Waals surface area contributed by atoms with E-state index in [1.54, 1.807) is 37.4 Å². The lowest BCUT2D eigenvalue weighted by molar-refractivity contribution is -0.131. The highest BCUT2D eigenvalue weighted by Crippen LogP contribution is 2.33. The molecule has 41 heavy (non-hydrogen) atoms. The molecule has 6 nitrogen and oxygen atoms in total. The summed E-state index contributed by atoms with van der Waals surface area (Å²) >= 11 is 0. The average molecular weight is 567 g/mol. The first-order valence-corrected chi connectivity index (χ1v) is 13.5. The van der Waals surface area contributed by atoms with Crippen LogP contribution in [-0.4, -0.2) is 46.0 Å². The Bertz CT molecular complexity index is 1640. The van der Waals surface area contributed by atoms with Crippen LogP contribution in [0.3, 0.4) is 0 Å². The zero-order chi connectivity index (χ0) is 29.5. The number of benzene rings is 2. The fourth-order valence-corrected chi connectivity index (χ4v) is 4.91. The van der Waals surface area contributed by atoms with Crippen LogP contribution >= 0.6 is 0 Å². The van der Waals surface area contributed by atoms with Gasteiger partial charge in [0.1, 0.15) is 6.17 Å². The number of rotatable bonds is 9. The number of aromatic nitrogens is 2. The van der Waals surface area contributed by atoms with Crippen molar-refractivity contribution in [1.82, 2.24) is 14.7 Å². The van der Waals surface area contributed by atoms with Crippen LogP contribution in [0.4, 0.5) is 23.2 Å². The van der Waals surface area contributed by atoms with Crippen LogP contribution < -0.4 is 10.6 Å². The van der Waals surface area contributed by atoms with Gasteiger partial charge in [-0.25, -0.2) is 9.37 Å². The minimum Gasteiger partial charge on any atom is -0.382 e. The highest BCUT2D eigenvalue weighted by Gasteiger charge is 2.39. The smallest absolute Gasteiger partial charge is 0.382 e. The van der Waals surface area contributed by atoms with Crippen molar-refractivity contribution >= 4 is 23.0 Å². The standard InChI is InChI=1S/C31H30F4N4O2/c1-4-28(40)22-7-6-20(12-17(22)2)27-15-37-29-26(36-10-9-31(33,34)35)13-21(16-39(27)29)19-5-8-23(18(3)11-19)30(41)38-25-14-24(25)32/h5-8,11-13,15-16,24-25,36H,4,9-10,14H2,1-3H3,(H,38,41)/t24-,25?/m0/s1. The first kappa shape index (κ1) is 28.3. The molecule has 1 unspecified atom stereocenters. The Hall–Kier alpha value is -4.21. The summed E-state index contributed by atoms with van der Waals surface area (Å²) in [7, 11) is 0. The van der Waals surface area contributed by atoms with Gasteiger partial charge in [-0.1, -0.05) is 31.2 Å². The van der Waals surface area contributed by atoms with Crippen LogP contribution in [0.2, 0.25) is 0 Å².